The zero-order valence-electron chi connectivity index (χ0n) is 29.5. The molecular formula is C40H23F2KN10O4. The minimum absolute atomic E-state index is 0. The van der Waals surface area contributed by atoms with Gasteiger partial charge in [-0.25, -0.2) is 18.7 Å². The number of hydrogen-bond donors (Lipinski definition) is 5. The van der Waals surface area contributed by atoms with Crippen molar-refractivity contribution in [1.29, 1.82) is 15.8 Å². The number of halogens is 2. The molecule has 7 N–H and O–H groups in total. The number of aromatic amines is 2. The van der Waals surface area contributed by atoms with E-state index in [2.05, 4.69) is 42.5 Å². The number of nitriles is 3. The summed E-state index contributed by atoms with van der Waals surface area (Å²) < 4.78 is 28.9. The number of aromatic nitrogens is 6. The molecule has 14 nitrogen and oxygen atoms in total. The van der Waals surface area contributed by atoms with Gasteiger partial charge in [0, 0.05) is 50.7 Å². The molecule has 0 saturated carbocycles. The number of aromatic hydroxyl groups is 2. The Labute approximate surface area is 363 Å². The van der Waals surface area contributed by atoms with Gasteiger partial charge in [0.05, 0.1) is 46.5 Å². The maximum Gasteiger partial charge on any atom is 1.00 e. The van der Waals surface area contributed by atoms with Gasteiger partial charge in [-0.3, -0.25) is 15.0 Å². The van der Waals surface area contributed by atoms with Gasteiger partial charge in [0.25, 0.3) is 0 Å². The van der Waals surface area contributed by atoms with Gasteiger partial charge in [-0.1, -0.05) is 24.3 Å². The number of nitrogens with two attached hydrogens (primary N) is 1. The second-order valence-electron chi connectivity index (χ2n) is 11.9. The van der Waals surface area contributed by atoms with Crippen molar-refractivity contribution in [2.45, 2.75) is 0 Å². The average Bonchev–Trinajstić information content (AvgIpc) is 3.87. The Morgan fingerprint density at radius 3 is 1.44 bits per heavy atom. The molecule has 0 saturated heterocycles. The summed E-state index contributed by atoms with van der Waals surface area (Å²) in [6.45, 7) is 0. The fourth-order valence-corrected chi connectivity index (χ4v) is 6.05. The van der Waals surface area contributed by atoms with Crippen molar-refractivity contribution >= 4 is 28.0 Å². The fraction of sp³-hybridized carbons (Fsp3) is 0. The van der Waals surface area contributed by atoms with E-state index in [9.17, 15) is 34.3 Å². The van der Waals surface area contributed by atoms with Crippen molar-refractivity contribution < 1.29 is 80.6 Å². The number of hydrogen-bond acceptors (Lipinski definition) is 11. The van der Waals surface area contributed by atoms with E-state index in [1.165, 1.54) is 30.5 Å². The van der Waals surface area contributed by atoms with E-state index in [0.717, 1.165) is 12.1 Å². The molecule has 4 heterocycles. The van der Waals surface area contributed by atoms with Crippen LogP contribution >= 0.6 is 0 Å². The number of phenols is 2. The third-order valence-electron chi connectivity index (χ3n) is 8.60. The summed E-state index contributed by atoms with van der Waals surface area (Å²) in [6.07, 6.45) is 3.07. The molecule has 4 aromatic heterocycles. The smallest absolute Gasteiger partial charge is 0.870 e. The van der Waals surface area contributed by atoms with E-state index in [-0.39, 0.29) is 102 Å². The van der Waals surface area contributed by atoms with Gasteiger partial charge in [-0.2, -0.15) is 26.0 Å². The molecule has 0 radical (unpaired) electrons. The summed E-state index contributed by atoms with van der Waals surface area (Å²) >= 11 is 0. The van der Waals surface area contributed by atoms with E-state index in [1.54, 1.807) is 54.7 Å². The van der Waals surface area contributed by atoms with Crippen LogP contribution in [-0.4, -0.2) is 52.0 Å². The van der Waals surface area contributed by atoms with Gasteiger partial charge in [0.15, 0.2) is 11.3 Å². The van der Waals surface area contributed by atoms with Gasteiger partial charge in [-0.05, 0) is 59.7 Å². The Hall–Kier alpha value is -6.88. The van der Waals surface area contributed by atoms with E-state index >= 15 is 0 Å². The fourth-order valence-electron chi connectivity index (χ4n) is 6.05. The molecule has 0 fully saturated rings. The predicted molar refractivity (Wildman–Crippen MR) is 197 cm³/mol. The average molecular weight is 785 g/mol. The number of phenolic OH excluding ortho intramolecular Hbond substituents is 2. The largest absolute Gasteiger partial charge is 1.00 e. The van der Waals surface area contributed by atoms with Crippen LogP contribution in [0, 0.1) is 45.6 Å². The molecule has 0 bridgehead atoms. The number of pyridine rings is 2. The Morgan fingerprint density at radius 2 is 1.07 bits per heavy atom. The minimum atomic E-state index is -0.710. The number of carbonyl (C=O) groups is 1. The molecular weight excluding hydrogens is 762 g/mol. The summed E-state index contributed by atoms with van der Waals surface area (Å²) in [5.41, 5.74) is 9.96. The van der Waals surface area contributed by atoms with Crippen LogP contribution in [0.1, 0.15) is 27.0 Å². The maximum absolute atomic E-state index is 14.5. The number of primary amides is 1. The number of amides is 1. The van der Waals surface area contributed by atoms with Crippen molar-refractivity contribution in [3.8, 4) is 74.5 Å². The van der Waals surface area contributed by atoms with Crippen LogP contribution in [0.4, 0.5) is 8.78 Å². The first kappa shape index (κ1) is 41.3. The molecule has 8 aromatic rings. The number of H-pyrrole nitrogens is 2. The number of carbonyl (C=O) groups excluding carboxylic acids is 1. The first-order valence-corrected chi connectivity index (χ1v) is 16.0. The number of rotatable bonds is 5. The molecule has 0 unspecified atom stereocenters. The van der Waals surface area contributed by atoms with Crippen LogP contribution in [-0.2, 0) is 0 Å². The van der Waals surface area contributed by atoms with E-state index in [4.69, 9.17) is 11.0 Å². The summed E-state index contributed by atoms with van der Waals surface area (Å²) in [5, 5.41) is 62.2. The zero-order valence-corrected chi connectivity index (χ0v) is 32.6. The van der Waals surface area contributed by atoms with E-state index < -0.39 is 17.5 Å². The molecule has 1 amide bonds. The SMILES string of the molecule is N#Cc1c(-c2ccc(O)cc2F)nc2[nH]ncc2c1-c1ccc(C(N)=O)cc1.N#Cc1ccc(-c2c(C#N)c(-c3ccc(O)cc3F)nc3[nH]ncc23)cc1.[K+].[OH-]. The van der Waals surface area contributed by atoms with Gasteiger partial charge in [0.1, 0.15) is 35.3 Å². The summed E-state index contributed by atoms with van der Waals surface area (Å²) in [6, 6.07) is 26.7. The van der Waals surface area contributed by atoms with Crippen LogP contribution < -0.4 is 57.1 Å². The summed E-state index contributed by atoms with van der Waals surface area (Å²) in [5.74, 6) is -2.42. The van der Waals surface area contributed by atoms with Gasteiger partial charge in [0.2, 0.25) is 5.91 Å². The third-order valence-corrected chi connectivity index (χ3v) is 8.60. The molecule has 272 valence electrons. The number of benzene rings is 4. The van der Waals surface area contributed by atoms with E-state index in [0.29, 0.717) is 55.4 Å². The third kappa shape index (κ3) is 7.95. The molecule has 4 aromatic carbocycles. The Kier molecular flexibility index (Phi) is 12.5. The maximum atomic E-state index is 14.5. The van der Waals surface area contributed by atoms with Crippen molar-refractivity contribution in [2.75, 3.05) is 0 Å². The molecule has 0 atom stereocenters. The van der Waals surface area contributed by atoms with Crippen LogP contribution in [0.15, 0.2) is 97.3 Å². The van der Waals surface area contributed by atoms with Crippen molar-refractivity contribution in [1.82, 2.24) is 30.4 Å². The molecule has 0 aliphatic rings. The molecule has 0 aliphatic heterocycles. The normalized spacial score (nSPS) is 10.2. The van der Waals surface area contributed by atoms with Crippen LogP contribution in [0.25, 0.3) is 66.8 Å². The van der Waals surface area contributed by atoms with Crippen LogP contribution in [0.3, 0.4) is 0 Å². The van der Waals surface area contributed by atoms with E-state index in [1.807, 2.05) is 6.07 Å². The quantitative estimate of drug-likeness (QED) is 0.157. The summed E-state index contributed by atoms with van der Waals surface area (Å²) in [4.78, 5) is 20.1. The predicted octanol–water partition coefficient (Wildman–Crippen LogP) is 3.81. The van der Waals surface area contributed by atoms with Gasteiger partial charge >= 0.3 is 51.4 Å². The zero-order chi connectivity index (χ0) is 38.8. The minimum Gasteiger partial charge on any atom is -0.870 e. The second-order valence-corrected chi connectivity index (χ2v) is 11.9. The molecule has 57 heavy (non-hydrogen) atoms. The standard InChI is InChI=1S/C20H12FN5O2.C20H10FN5O.K.H2O/c21-16-7-12(27)5-6-13(16)18-14(8-22)17(15-9-24-26-20(15)25-18)10-1-3-11(4-2-10)19(23)28;21-17-7-13(27)5-6-14(17)19-15(9-23)18(16-10-24-26-20(16)25-19)12-3-1-11(8-22)2-4-12;;/h1-7,9,27H,(H2,23,28)(H,24,25,26);1-7,10,27H,(H,24,25,26);;1H2/q;;+1;/p-1. The topological polar surface area (TPSA) is 268 Å². The molecule has 8 rings (SSSR count). The monoisotopic (exact) mass is 784 g/mol. The Balaban J connectivity index is 0.000000210. The molecule has 0 spiro atoms. The second kappa shape index (κ2) is 17.3. The molecule has 17 heteroatoms. The van der Waals surface area contributed by atoms with Gasteiger partial charge in [-0.15, -0.1) is 0 Å². The van der Waals surface area contributed by atoms with Gasteiger partial charge < -0.3 is 21.4 Å². The molecule has 0 aliphatic carbocycles. The summed E-state index contributed by atoms with van der Waals surface area (Å²) in [7, 11) is 0. The van der Waals surface area contributed by atoms with Crippen molar-refractivity contribution in [3.63, 3.8) is 0 Å². The van der Waals surface area contributed by atoms with Crippen molar-refractivity contribution in [3.05, 3.63) is 131 Å². The number of nitrogens with one attached hydrogen (secondary N) is 2. The van der Waals surface area contributed by atoms with Crippen LogP contribution in [0.5, 0.6) is 11.5 Å². The Morgan fingerprint density at radius 1 is 0.649 bits per heavy atom. The number of fused-ring (bicyclic) bond motifs is 2. The first-order valence-electron chi connectivity index (χ1n) is 16.0. The van der Waals surface area contributed by atoms with Crippen LogP contribution in [0.2, 0.25) is 0 Å². The number of nitrogens with zero attached hydrogens (tertiary/aromatic N) is 7. The first-order chi connectivity index (χ1) is 26.6. The Bertz CT molecular complexity index is 2950. The van der Waals surface area contributed by atoms with Crippen molar-refractivity contribution in [2.24, 2.45) is 5.73 Å².